The van der Waals surface area contributed by atoms with E-state index in [0.717, 1.165) is 5.56 Å². The summed E-state index contributed by atoms with van der Waals surface area (Å²) >= 11 is 0. The summed E-state index contributed by atoms with van der Waals surface area (Å²) in [4.78, 5) is 40.2. The van der Waals surface area contributed by atoms with Crippen molar-refractivity contribution < 1.29 is 14.3 Å². The van der Waals surface area contributed by atoms with E-state index in [2.05, 4.69) is 20.6 Å². The predicted molar refractivity (Wildman–Crippen MR) is 140 cm³/mol. The van der Waals surface area contributed by atoms with Crippen molar-refractivity contribution in [2.45, 2.75) is 51.2 Å². The van der Waals surface area contributed by atoms with Gasteiger partial charge in [-0.05, 0) is 47.4 Å². The van der Waals surface area contributed by atoms with Crippen LogP contribution < -0.4 is 11.0 Å². The Labute approximate surface area is 216 Å². The van der Waals surface area contributed by atoms with E-state index in [4.69, 9.17) is 4.74 Å². The molecule has 0 bridgehead atoms. The zero-order chi connectivity index (χ0) is 26.3. The average Bonchev–Trinajstić information content (AvgIpc) is 3.30. The summed E-state index contributed by atoms with van der Waals surface area (Å²) in [5.41, 5.74) is 1.21. The molecule has 4 rings (SSSR count). The lowest BCUT2D eigenvalue weighted by molar-refractivity contribution is -0.147. The number of hydrogen-bond donors (Lipinski definition) is 1. The number of carbonyl (C=O) groups is 2. The summed E-state index contributed by atoms with van der Waals surface area (Å²) < 4.78 is 7.94. The molecule has 0 spiro atoms. The molecular formula is C27H34N6O4. The van der Waals surface area contributed by atoms with E-state index in [1.165, 1.54) is 16.5 Å². The van der Waals surface area contributed by atoms with Gasteiger partial charge in [0.15, 0.2) is 5.78 Å². The number of tetrazole rings is 1. The van der Waals surface area contributed by atoms with Crippen molar-refractivity contribution in [1.82, 2.24) is 24.7 Å². The van der Waals surface area contributed by atoms with Crippen LogP contribution in [0.15, 0.2) is 59.4 Å². The van der Waals surface area contributed by atoms with Crippen molar-refractivity contribution in [3.05, 3.63) is 76.2 Å². The standard InChI is InChI=1S/C27H34N6O4/c1-3-24(34)22-11-7-8-12-23(22)28-27(25(35)37-2)14-17-31(18-15-27)19-20-33-26(36)32(29-30-33)16-13-21-9-5-4-6-10-21/h4-12,28H,3,13-20H2,1-2H3. The molecule has 0 amide bonds. The number of hydrogen-bond acceptors (Lipinski definition) is 8. The van der Waals surface area contributed by atoms with Crippen molar-refractivity contribution in [2.24, 2.45) is 0 Å². The zero-order valence-corrected chi connectivity index (χ0v) is 21.4. The Kier molecular flexibility index (Phi) is 8.50. The fourth-order valence-corrected chi connectivity index (χ4v) is 4.72. The highest BCUT2D eigenvalue weighted by Gasteiger charge is 2.43. The number of ether oxygens (including phenoxy) is 1. The highest BCUT2D eigenvalue weighted by atomic mass is 16.5. The molecule has 2 aromatic carbocycles. The van der Waals surface area contributed by atoms with Gasteiger partial charge in [-0.25, -0.2) is 9.59 Å². The molecule has 196 valence electrons. The van der Waals surface area contributed by atoms with Crippen LogP contribution in [0.3, 0.4) is 0 Å². The van der Waals surface area contributed by atoms with Gasteiger partial charge in [-0.2, -0.15) is 9.36 Å². The van der Waals surface area contributed by atoms with E-state index < -0.39 is 5.54 Å². The van der Waals surface area contributed by atoms with Crippen LogP contribution in [0.4, 0.5) is 5.69 Å². The highest BCUT2D eigenvalue weighted by molar-refractivity contribution is 6.01. The molecule has 0 saturated carbocycles. The third-order valence-electron chi connectivity index (χ3n) is 6.99. The van der Waals surface area contributed by atoms with Gasteiger partial charge in [0.05, 0.1) is 20.2 Å². The van der Waals surface area contributed by atoms with Gasteiger partial charge in [-0.1, -0.05) is 49.4 Å². The third-order valence-corrected chi connectivity index (χ3v) is 6.99. The summed E-state index contributed by atoms with van der Waals surface area (Å²) in [5, 5.41) is 11.4. The van der Waals surface area contributed by atoms with Crippen molar-refractivity contribution in [3.8, 4) is 0 Å². The second-order valence-corrected chi connectivity index (χ2v) is 9.31. The zero-order valence-electron chi connectivity index (χ0n) is 21.4. The van der Waals surface area contributed by atoms with Gasteiger partial charge in [-0.15, -0.1) is 0 Å². The van der Waals surface area contributed by atoms with Gasteiger partial charge < -0.3 is 15.0 Å². The number of piperidine rings is 1. The van der Waals surface area contributed by atoms with Crippen molar-refractivity contribution >= 4 is 17.4 Å². The number of rotatable bonds is 11. The first-order valence-corrected chi connectivity index (χ1v) is 12.7. The molecule has 1 aliphatic heterocycles. The van der Waals surface area contributed by atoms with E-state index in [1.54, 1.807) is 6.07 Å². The quantitative estimate of drug-likeness (QED) is 0.312. The van der Waals surface area contributed by atoms with Crippen LogP contribution in [0.5, 0.6) is 0 Å². The molecule has 10 heteroatoms. The van der Waals surface area contributed by atoms with E-state index >= 15 is 0 Å². The number of nitrogens with zero attached hydrogens (tertiary/aromatic N) is 5. The summed E-state index contributed by atoms with van der Waals surface area (Å²) in [6.07, 6.45) is 2.11. The van der Waals surface area contributed by atoms with Gasteiger partial charge >= 0.3 is 11.7 Å². The minimum absolute atomic E-state index is 0.0165. The van der Waals surface area contributed by atoms with Crippen LogP contribution in [-0.4, -0.2) is 68.7 Å². The molecule has 1 aliphatic rings. The Hall–Kier alpha value is -3.79. The number of nitrogens with one attached hydrogen (secondary N) is 1. The number of anilines is 1. The second-order valence-electron chi connectivity index (χ2n) is 9.31. The van der Waals surface area contributed by atoms with Gasteiger partial charge in [0.1, 0.15) is 5.54 Å². The van der Waals surface area contributed by atoms with Crippen molar-refractivity contribution in [1.29, 1.82) is 0 Å². The Morgan fingerprint density at radius 1 is 0.946 bits per heavy atom. The van der Waals surface area contributed by atoms with Crippen molar-refractivity contribution in [3.63, 3.8) is 0 Å². The fourth-order valence-electron chi connectivity index (χ4n) is 4.72. The number of aryl methyl sites for hydroxylation is 2. The molecule has 3 aromatic rings. The maximum Gasteiger partial charge on any atom is 0.363 e. The largest absolute Gasteiger partial charge is 0.467 e. The number of esters is 1. The topological polar surface area (TPSA) is 111 Å². The molecule has 0 atom stereocenters. The first-order chi connectivity index (χ1) is 18.0. The van der Waals surface area contributed by atoms with Gasteiger partial charge in [0, 0.05) is 37.3 Å². The smallest absolute Gasteiger partial charge is 0.363 e. The maximum atomic E-state index is 12.9. The molecule has 1 fully saturated rings. The van der Waals surface area contributed by atoms with Crippen LogP contribution in [0.2, 0.25) is 0 Å². The Morgan fingerprint density at radius 2 is 1.59 bits per heavy atom. The van der Waals surface area contributed by atoms with Crippen molar-refractivity contribution in [2.75, 3.05) is 32.1 Å². The van der Waals surface area contributed by atoms with Crippen LogP contribution in [0, 0.1) is 0 Å². The highest BCUT2D eigenvalue weighted by Crippen LogP contribution is 2.30. The van der Waals surface area contributed by atoms with E-state index in [0.29, 0.717) is 69.7 Å². The molecule has 1 aromatic heterocycles. The molecule has 1 saturated heterocycles. The predicted octanol–water partition coefficient (Wildman–Crippen LogP) is 2.39. The minimum atomic E-state index is -0.924. The molecular weight excluding hydrogens is 472 g/mol. The van der Waals surface area contributed by atoms with E-state index in [9.17, 15) is 14.4 Å². The monoisotopic (exact) mass is 506 g/mol. The summed E-state index contributed by atoms with van der Waals surface area (Å²) in [6.45, 7) is 4.57. The lowest BCUT2D eigenvalue weighted by atomic mass is 9.86. The minimum Gasteiger partial charge on any atom is -0.467 e. The first kappa shape index (κ1) is 26.3. The molecule has 0 radical (unpaired) electrons. The molecule has 1 N–H and O–H groups in total. The summed E-state index contributed by atoms with van der Waals surface area (Å²) in [6, 6.07) is 17.2. The van der Waals surface area contributed by atoms with Crippen LogP contribution >= 0.6 is 0 Å². The number of benzene rings is 2. The molecule has 37 heavy (non-hydrogen) atoms. The number of methoxy groups -OCH3 is 1. The molecule has 0 aliphatic carbocycles. The number of likely N-dealkylation sites (tertiary alicyclic amines) is 1. The third kappa shape index (κ3) is 6.14. The fraction of sp³-hybridized carbons (Fsp3) is 0.444. The number of para-hydroxylation sites is 1. The van der Waals surface area contributed by atoms with Crippen LogP contribution in [-0.2, 0) is 29.0 Å². The summed E-state index contributed by atoms with van der Waals surface area (Å²) in [7, 11) is 1.38. The summed E-state index contributed by atoms with van der Waals surface area (Å²) in [5.74, 6) is -0.328. The van der Waals surface area contributed by atoms with E-state index in [-0.39, 0.29) is 17.4 Å². The molecule has 10 nitrogen and oxygen atoms in total. The van der Waals surface area contributed by atoms with E-state index in [1.807, 2.05) is 55.5 Å². The average molecular weight is 507 g/mol. The SMILES string of the molecule is CCC(=O)c1ccccc1NC1(C(=O)OC)CCN(CCn2nnn(CCc3ccccc3)c2=O)CC1. The molecule has 0 unspecified atom stereocenters. The van der Waals surface area contributed by atoms with Crippen LogP contribution in [0.25, 0.3) is 0 Å². The lowest BCUT2D eigenvalue weighted by Crippen LogP contribution is -2.55. The van der Waals surface area contributed by atoms with Gasteiger partial charge in [0.2, 0.25) is 0 Å². The lowest BCUT2D eigenvalue weighted by Gasteiger charge is -2.41. The molecule has 2 heterocycles. The first-order valence-electron chi connectivity index (χ1n) is 12.7. The maximum absolute atomic E-state index is 12.9. The normalized spacial score (nSPS) is 15.3. The van der Waals surface area contributed by atoms with Gasteiger partial charge in [0.25, 0.3) is 0 Å². The number of aromatic nitrogens is 4. The van der Waals surface area contributed by atoms with Crippen LogP contribution in [0.1, 0.15) is 42.1 Å². The Balaban J connectivity index is 1.36. The number of carbonyl (C=O) groups excluding carboxylic acids is 2. The Bertz CT molecular complexity index is 1260. The van der Waals surface area contributed by atoms with Gasteiger partial charge in [-0.3, -0.25) is 4.79 Å². The Morgan fingerprint density at radius 3 is 2.27 bits per heavy atom. The number of Topliss-reactive ketones (excluding diaryl/α,β-unsaturated/α-hetero) is 1. The number of ketones is 1. The second kappa shape index (κ2) is 12.0.